The zero-order valence-electron chi connectivity index (χ0n) is 22.5. The van der Waals surface area contributed by atoms with Gasteiger partial charge >= 0.3 is 5.97 Å². The molecule has 2 aliphatic rings. The number of rotatable bonds is 17. The molecular formula is C29H54O5. The topological polar surface area (TPSA) is 65.0 Å². The van der Waals surface area contributed by atoms with Crippen LogP contribution in [0.3, 0.4) is 0 Å². The molecule has 0 bridgehead atoms. The fourth-order valence-electron chi connectivity index (χ4n) is 6.08. The van der Waals surface area contributed by atoms with Gasteiger partial charge in [0, 0.05) is 0 Å². The van der Waals surface area contributed by atoms with Crippen LogP contribution in [0.15, 0.2) is 0 Å². The SMILES string of the molecule is CCCCCCCCCC(C(=O)OCCOC1CCCCC1C)C(CC1CCCCC1C)OO. The first-order valence-corrected chi connectivity index (χ1v) is 14.6. The molecule has 0 spiro atoms. The van der Waals surface area contributed by atoms with Crippen LogP contribution in [-0.2, 0) is 19.2 Å². The molecule has 0 aliphatic heterocycles. The van der Waals surface area contributed by atoms with Gasteiger partial charge in [-0.3, -0.25) is 10.1 Å². The fourth-order valence-corrected chi connectivity index (χ4v) is 6.08. The van der Waals surface area contributed by atoms with Crippen LogP contribution < -0.4 is 0 Å². The largest absolute Gasteiger partial charge is 0.463 e. The molecule has 2 rings (SSSR count). The third kappa shape index (κ3) is 11.0. The first-order valence-electron chi connectivity index (χ1n) is 14.6. The van der Waals surface area contributed by atoms with Crippen LogP contribution in [0.25, 0.3) is 0 Å². The number of carbonyl (C=O) groups excluding carboxylic acids is 1. The Hall–Kier alpha value is -0.650. The molecule has 0 saturated heterocycles. The molecule has 0 radical (unpaired) electrons. The van der Waals surface area contributed by atoms with Crippen molar-refractivity contribution in [1.29, 1.82) is 0 Å². The van der Waals surface area contributed by atoms with Crippen LogP contribution in [0, 0.1) is 23.7 Å². The first-order chi connectivity index (χ1) is 16.6. The summed E-state index contributed by atoms with van der Waals surface area (Å²) in [6.45, 7) is 7.52. The summed E-state index contributed by atoms with van der Waals surface area (Å²) in [4.78, 5) is 18.1. The van der Waals surface area contributed by atoms with Gasteiger partial charge in [0.05, 0.1) is 18.6 Å². The minimum Gasteiger partial charge on any atom is -0.463 e. The average molecular weight is 483 g/mol. The Labute approximate surface area is 209 Å². The maximum absolute atomic E-state index is 13.1. The summed E-state index contributed by atoms with van der Waals surface area (Å²) in [5, 5.41) is 9.80. The molecule has 0 amide bonds. The Morgan fingerprint density at radius 2 is 1.50 bits per heavy atom. The molecule has 200 valence electrons. The molecule has 5 heteroatoms. The lowest BCUT2D eigenvalue weighted by Gasteiger charge is -2.33. The number of ether oxygens (including phenoxy) is 2. The molecule has 34 heavy (non-hydrogen) atoms. The number of hydrogen-bond donors (Lipinski definition) is 1. The summed E-state index contributed by atoms with van der Waals surface area (Å²) in [6.07, 6.45) is 19.4. The van der Waals surface area contributed by atoms with Gasteiger partial charge in [-0.25, -0.2) is 4.89 Å². The lowest BCUT2D eigenvalue weighted by atomic mass is 9.75. The Morgan fingerprint density at radius 3 is 2.18 bits per heavy atom. The molecule has 2 fully saturated rings. The highest BCUT2D eigenvalue weighted by Crippen LogP contribution is 2.35. The molecule has 6 atom stereocenters. The average Bonchev–Trinajstić information content (AvgIpc) is 2.84. The van der Waals surface area contributed by atoms with Crippen LogP contribution >= 0.6 is 0 Å². The van der Waals surface area contributed by atoms with Crippen molar-refractivity contribution in [2.45, 2.75) is 142 Å². The van der Waals surface area contributed by atoms with Gasteiger partial charge in [-0.2, -0.15) is 0 Å². The van der Waals surface area contributed by atoms with Gasteiger partial charge in [0.2, 0.25) is 0 Å². The molecule has 6 unspecified atom stereocenters. The van der Waals surface area contributed by atoms with E-state index in [0.717, 1.165) is 38.5 Å². The minimum atomic E-state index is -0.475. The highest BCUT2D eigenvalue weighted by atomic mass is 17.1. The van der Waals surface area contributed by atoms with E-state index in [1.54, 1.807) is 0 Å². The molecular weight excluding hydrogens is 428 g/mol. The second kappa shape index (κ2) is 17.7. The second-order valence-electron chi connectivity index (χ2n) is 11.3. The zero-order chi connectivity index (χ0) is 24.6. The smallest absolute Gasteiger partial charge is 0.311 e. The van der Waals surface area contributed by atoms with Crippen molar-refractivity contribution >= 4 is 5.97 Å². The number of unbranched alkanes of at least 4 members (excludes halogenated alkanes) is 6. The van der Waals surface area contributed by atoms with Gasteiger partial charge in [0.15, 0.2) is 0 Å². The van der Waals surface area contributed by atoms with E-state index in [4.69, 9.17) is 14.4 Å². The first kappa shape index (κ1) is 29.6. The minimum absolute atomic E-state index is 0.228. The maximum atomic E-state index is 13.1. The van der Waals surface area contributed by atoms with E-state index in [1.165, 1.54) is 70.6 Å². The standard InChI is InChI=1S/C29H54O5/c1-4-5-6-7-8-9-10-18-26(28(34-31)22-25-17-13-11-15-23(25)2)29(30)33-21-20-32-27-19-14-12-16-24(27)3/h23-28,31H,4-22H2,1-3H3. The third-order valence-corrected chi connectivity index (χ3v) is 8.52. The van der Waals surface area contributed by atoms with E-state index >= 15 is 0 Å². The summed E-state index contributed by atoms with van der Waals surface area (Å²) in [7, 11) is 0. The van der Waals surface area contributed by atoms with Crippen molar-refractivity contribution < 1.29 is 24.4 Å². The summed E-state index contributed by atoms with van der Waals surface area (Å²) >= 11 is 0. The van der Waals surface area contributed by atoms with Gasteiger partial charge in [0.25, 0.3) is 0 Å². The Balaban J connectivity index is 1.83. The van der Waals surface area contributed by atoms with Crippen LogP contribution in [0.5, 0.6) is 0 Å². The predicted molar refractivity (Wildman–Crippen MR) is 138 cm³/mol. The van der Waals surface area contributed by atoms with E-state index < -0.39 is 12.0 Å². The van der Waals surface area contributed by atoms with Crippen molar-refractivity contribution in [2.75, 3.05) is 13.2 Å². The highest BCUT2D eigenvalue weighted by Gasteiger charge is 2.34. The van der Waals surface area contributed by atoms with Crippen molar-refractivity contribution in [1.82, 2.24) is 0 Å². The monoisotopic (exact) mass is 482 g/mol. The molecule has 0 aromatic carbocycles. The zero-order valence-corrected chi connectivity index (χ0v) is 22.5. The molecule has 0 aromatic rings. The van der Waals surface area contributed by atoms with E-state index in [-0.39, 0.29) is 18.7 Å². The quantitative estimate of drug-likeness (QED) is 0.0986. The molecule has 1 N–H and O–H groups in total. The number of hydrogen-bond acceptors (Lipinski definition) is 5. The van der Waals surface area contributed by atoms with Gasteiger partial charge in [-0.1, -0.05) is 104 Å². The maximum Gasteiger partial charge on any atom is 0.311 e. The normalized spacial score (nSPS) is 27.3. The van der Waals surface area contributed by atoms with Crippen molar-refractivity contribution in [2.24, 2.45) is 23.7 Å². The van der Waals surface area contributed by atoms with Gasteiger partial charge in [-0.15, -0.1) is 0 Å². The van der Waals surface area contributed by atoms with Crippen LogP contribution in [-0.4, -0.2) is 36.6 Å². The summed E-state index contributed by atoms with van der Waals surface area (Å²) in [5.74, 6) is 1.08. The molecule has 2 saturated carbocycles. The summed E-state index contributed by atoms with van der Waals surface area (Å²) < 4.78 is 11.7. The Bertz CT molecular complexity index is 525. The lowest BCUT2D eigenvalue weighted by Crippen LogP contribution is -2.35. The summed E-state index contributed by atoms with van der Waals surface area (Å²) in [5.41, 5.74) is 0. The number of esters is 1. The van der Waals surface area contributed by atoms with Crippen LogP contribution in [0.4, 0.5) is 0 Å². The van der Waals surface area contributed by atoms with Gasteiger partial charge < -0.3 is 9.47 Å². The third-order valence-electron chi connectivity index (χ3n) is 8.52. The summed E-state index contributed by atoms with van der Waals surface area (Å²) in [6, 6.07) is 0. The Morgan fingerprint density at radius 1 is 0.853 bits per heavy atom. The molecule has 0 heterocycles. The predicted octanol–water partition coefficient (Wildman–Crippen LogP) is 7.96. The van der Waals surface area contributed by atoms with E-state index in [2.05, 4.69) is 20.8 Å². The second-order valence-corrected chi connectivity index (χ2v) is 11.3. The van der Waals surface area contributed by atoms with Gasteiger partial charge in [0.1, 0.15) is 12.7 Å². The molecule has 0 aromatic heterocycles. The van der Waals surface area contributed by atoms with Gasteiger partial charge in [-0.05, 0) is 43.4 Å². The highest BCUT2D eigenvalue weighted by molar-refractivity contribution is 5.73. The lowest BCUT2D eigenvalue weighted by molar-refractivity contribution is -0.294. The van der Waals surface area contributed by atoms with Crippen LogP contribution in [0.1, 0.15) is 130 Å². The van der Waals surface area contributed by atoms with Crippen LogP contribution in [0.2, 0.25) is 0 Å². The van der Waals surface area contributed by atoms with E-state index in [0.29, 0.717) is 24.4 Å². The Kier molecular flexibility index (Phi) is 15.4. The fraction of sp³-hybridized carbons (Fsp3) is 0.966. The van der Waals surface area contributed by atoms with Crippen molar-refractivity contribution in [3.63, 3.8) is 0 Å². The molecule has 2 aliphatic carbocycles. The molecule has 5 nitrogen and oxygen atoms in total. The van der Waals surface area contributed by atoms with Crippen molar-refractivity contribution in [3.05, 3.63) is 0 Å². The number of carbonyl (C=O) groups is 1. The van der Waals surface area contributed by atoms with E-state index in [9.17, 15) is 10.1 Å². The van der Waals surface area contributed by atoms with E-state index in [1.807, 2.05) is 0 Å². The van der Waals surface area contributed by atoms with Crippen molar-refractivity contribution in [3.8, 4) is 0 Å².